The molecule has 17 heavy (non-hydrogen) atoms. The Hall–Kier alpha value is -0.290. The smallest absolute Gasteiger partial charge is 0.327 e. The normalized spacial score (nSPS) is 28.9. The van der Waals surface area contributed by atoms with Crippen LogP contribution in [0.3, 0.4) is 0 Å². The molecule has 0 aromatic rings. The van der Waals surface area contributed by atoms with E-state index in [0.717, 1.165) is 12.8 Å². The molecule has 0 amide bonds. The molecular formula is C12H23F3N2. The fourth-order valence-corrected chi connectivity index (χ4v) is 2.56. The lowest BCUT2D eigenvalue weighted by molar-refractivity contribution is -0.137. The van der Waals surface area contributed by atoms with E-state index in [-0.39, 0.29) is 18.0 Å². The number of nitrogens with zero attached hydrogens (tertiary/aromatic N) is 1. The molecule has 2 atom stereocenters. The highest BCUT2D eigenvalue weighted by molar-refractivity contribution is 4.94. The third-order valence-electron chi connectivity index (χ3n) is 3.89. The number of hydrogen-bond donors (Lipinski definition) is 1. The molecule has 1 rings (SSSR count). The van der Waals surface area contributed by atoms with E-state index < -0.39 is 12.6 Å². The molecule has 1 saturated carbocycles. The van der Waals surface area contributed by atoms with E-state index in [9.17, 15) is 13.2 Å². The molecule has 2 nitrogen and oxygen atoms in total. The van der Waals surface area contributed by atoms with Crippen molar-refractivity contribution < 1.29 is 13.2 Å². The van der Waals surface area contributed by atoms with Crippen LogP contribution in [0.15, 0.2) is 0 Å². The molecule has 0 aromatic heterocycles. The lowest BCUT2D eigenvalue weighted by Gasteiger charge is -2.29. The summed E-state index contributed by atoms with van der Waals surface area (Å²) in [5, 5.41) is 0. The van der Waals surface area contributed by atoms with Crippen LogP contribution in [0.4, 0.5) is 13.2 Å². The highest BCUT2D eigenvalue weighted by Crippen LogP contribution is 2.40. The van der Waals surface area contributed by atoms with Gasteiger partial charge in [-0.05, 0) is 31.2 Å². The van der Waals surface area contributed by atoms with E-state index in [1.807, 2.05) is 0 Å². The number of hydrogen-bond acceptors (Lipinski definition) is 2. The standard InChI is InChI=1S/C12H23F3N2/c1-11(2)5-4-9(10(11)16)8-17(3)7-6-12(13,14)15/h9-10H,4-8,16H2,1-3H3. The largest absolute Gasteiger partial charge is 0.390 e. The van der Waals surface area contributed by atoms with Gasteiger partial charge >= 0.3 is 6.18 Å². The molecule has 2 N–H and O–H groups in total. The van der Waals surface area contributed by atoms with Crippen LogP contribution >= 0.6 is 0 Å². The summed E-state index contributed by atoms with van der Waals surface area (Å²) in [6, 6.07) is 0.0934. The van der Waals surface area contributed by atoms with Crippen LogP contribution in [-0.4, -0.2) is 37.3 Å². The summed E-state index contributed by atoms with van der Waals surface area (Å²) in [7, 11) is 1.74. The molecule has 0 bridgehead atoms. The van der Waals surface area contributed by atoms with Gasteiger partial charge in [-0.25, -0.2) is 0 Å². The Bertz CT molecular complexity index is 251. The van der Waals surface area contributed by atoms with Crippen LogP contribution in [0.1, 0.15) is 33.1 Å². The Labute approximate surface area is 101 Å². The Balaban J connectivity index is 2.35. The first kappa shape index (κ1) is 14.8. The average Bonchev–Trinajstić information content (AvgIpc) is 2.41. The van der Waals surface area contributed by atoms with Gasteiger partial charge in [0.2, 0.25) is 0 Å². The second-order valence-corrected chi connectivity index (χ2v) is 5.94. The molecular weight excluding hydrogens is 229 g/mol. The predicted octanol–water partition coefficient (Wildman–Crippen LogP) is 2.63. The lowest BCUT2D eigenvalue weighted by atomic mass is 9.85. The zero-order chi connectivity index (χ0) is 13.3. The topological polar surface area (TPSA) is 29.3 Å². The van der Waals surface area contributed by atoms with Crippen LogP contribution in [0.25, 0.3) is 0 Å². The van der Waals surface area contributed by atoms with Crippen LogP contribution in [0, 0.1) is 11.3 Å². The molecule has 0 aromatic carbocycles. The van der Waals surface area contributed by atoms with Crippen molar-refractivity contribution in [1.82, 2.24) is 4.90 Å². The maximum Gasteiger partial charge on any atom is 0.390 e. The minimum Gasteiger partial charge on any atom is -0.327 e. The third kappa shape index (κ3) is 4.47. The van der Waals surface area contributed by atoms with E-state index in [0.29, 0.717) is 12.5 Å². The van der Waals surface area contributed by atoms with Crippen molar-refractivity contribution in [3.8, 4) is 0 Å². The third-order valence-corrected chi connectivity index (χ3v) is 3.89. The second kappa shape index (κ2) is 5.14. The highest BCUT2D eigenvalue weighted by Gasteiger charge is 2.39. The molecule has 1 aliphatic carbocycles. The van der Waals surface area contributed by atoms with Crippen LogP contribution < -0.4 is 5.73 Å². The molecule has 1 fully saturated rings. The Morgan fingerprint density at radius 3 is 2.35 bits per heavy atom. The number of rotatable bonds is 4. The van der Waals surface area contributed by atoms with Crippen molar-refractivity contribution in [3.63, 3.8) is 0 Å². The molecule has 0 aliphatic heterocycles. The van der Waals surface area contributed by atoms with Crippen molar-refractivity contribution in [1.29, 1.82) is 0 Å². The van der Waals surface area contributed by atoms with Crippen molar-refractivity contribution in [3.05, 3.63) is 0 Å². The van der Waals surface area contributed by atoms with Crippen LogP contribution in [0.2, 0.25) is 0 Å². The predicted molar refractivity (Wildman–Crippen MR) is 62.6 cm³/mol. The molecule has 0 radical (unpaired) electrons. The van der Waals surface area contributed by atoms with Crippen LogP contribution in [-0.2, 0) is 0 Å². The zero-order valence-electron chi connectivity index (χ0n) is 10.8. The van der Waals surface area contributed by atoms with E-state index in [1.165, 1.54) is 0 Å². The average molecular weight is 252 g/mol. The number of halogens is 3. The summed E-state index contributed by atoms with van der Waals surface area (Å²) in [5.41, 5.74) is 6.26. The Kier molecular flexibility index (Phi) is 4.47. The summed E-state index contributed by atoms with van der Waals surface area (Å²) in [6.07, 6.45) is -2.73. The van der Waals surface area contributed by atoms with Crippen LogP contribution in [0.5, 0.6) is 0 Å². The summed E-state index contributed by atoms with van der Waals surface area (Å²) >= 11 is 0. The van der Waals surface area contributed by atoms with Crippen molar-refractivity contribution in [2.24, 2.45) is 17.1 Å². The molecule has 0 heterocycles. The summed E-state index contributed by atoms with van der Waals surface area (Å²) < 4.78 is 36.2. The van der Waals surface area contributed by atoms with Gasteiger partial charge in [-0.3, -0.25) is 0 Å². The highest BCUT2D eigenvalue weighted by atomic mass is 19.4. The first-order valence-corrected chi connectivity index (χ1v) is 6.13. The maximum absolute atomic E-state index is 12.1. The second-order valence-electron chi connectivity index (χ2n) is 5.94. The van der Waals surface area contributed by atoms with Gasteiger partial charge in [-0.1, -0.05) is 13.8 Å². The SMILES string of the molecule is CN(CCC(F)(F)F)CC1CCC(C)(C)C1N. The minimum absolute atomic E-state index is 0.0626. The molecule has 102 valence electrons. The van der Waals surface area contributed by atoms with Gasteiger partial charge in [0.1, 0.15) is 0 Å². The van der Waals surface area contributed by atoms with E-state index in [2.05, 4.69) is 13.8 Å². The van der Waals surface area contributed by atoms with Gasteiger partial charge < -0.3 is 10.6 Å². The Morgan fingerprint density at radius 1 is 1.35 bits per heavy atom. The zero-order valence-corrected chi connectivity index (χ0v) is 10.8. The van der Waals surface area contributed by atoms with Gasteiger partial charge in [0.05, 0.1) is 6.42 Å². The van der Waals surface area contributed by atoms with Crippen molar-refractivity contribution >= 4 is 0 Å². The Morgan fingerprint density at radius 2 is 1.94 bits per heavy atom. The van der Waals surface area contributed by atoms with E-state index >= 15 is 0 Å². The van der Waals surface area contributed by atoms with Crippen molar-refractivity contribution in [2.75, 3.05) is 20.1 Å². The lowest BCUT2D eigenvalue weighted by Crippen LogP contribution is -2.41. The quantitative estimate of drug-likeness (QED) is 0.833. The molecule has 5 heteroatoms. The summed E-state index contributed by atoms with van der Waals surface area (Å²) in [5.74, 6) is 0.322. The molecule has 2 unspecified atom stereocenters. The van der Waals surface area contributed by atoms with Gasteiger partial charge in [0.15, 0.2) is 0 Å². The first-order chi connectivity index (χ1) is 7.62. The molecule has 0 spiro atoms. The molecule has 1 aliphatic rings. The summed E-state index contributed by atoms with van der Waals surface area (Å²) in [4.78, 5) is 1.75. The monoisotopic (exact) mass is 252 g/mol. The fourth-order valence-electron chi connectivity index (χ4n) is 2.56. The summed E-state index contributed by atoms with van der Waals surface area (Å²) in [6.45, 7) is 4.99. The van der Waals surface area contributed by atoms with E-state index in [4.69, 9.17) is 5.73 Å². The maximum atomic E-state index is 12.1. The fraction of sp³-hybridized carbons (Fsp3) is 1.00. The van der Waals surface area contributed by atoms with Gasteiger partial charge in [0, 0.05) is 19.1 Å². The van der Waals surface area contributed by atoms with Gasteiger partial charge in [-0.2, -0.15) is 13.2 Å². The van der Waals surface area contributed by atoms with Gasteiger partial charge in [-0.15, -0.1) is 0 Å². The minimum atomic E-state index is -4.06. The van der Waals surface area contributed by atoms with Gasteiger partial charge in [0.25, 0.3) is 0 Å². The number of alkyl halides is 3. The van der Waals surface area contributed by atoms with E-state index in [1.54, 1.807) is 11.9 Å². The number of nitrogens with two attached hydrogens (primary N) is 1. The van der Waals surface area contributed by atoms with Crippen molar-refractivity contribution in [2.45, 2.75) is 45.3 Å². The molecule has 0 saturated heterocycles. The first-order valence-electron chi connectivity index (χ1n) is 6.13.